The fourth-order valence-electron chi connectivity index (χ4n) is 1.58. The maximum atomic E-state index is 10.2. The molecule has 0 spiro atoms. The van der Waals surface area contributed by atoms with E-state index in [0.29, 0.717) is 6.42 Å². The van der Waals surface area contributed by atoms with Gasteiger partial charge in [-0.2, -0.15) is 8.42 Å². The van der Waals surface area contributed by atoms with Gasteiger partial charge < -0.3 is 0 Å². The first-order valence-electron chi connectivity index (χ1n) is 6.18. The van der Waals surface area contributed by atoms with Crippen LogP contribution in [0.15, 0.2) is 0 Å². The molecule has 0 aliphatic carbocycles. The van der Waals surface area contributed by atoms with E-state index in [9.17, 15) is 8.42 Å². The van der Waals surface area contributed by atoms with Crippen LogP contribution in [0.5, 0.6) is 0 Å². The van der Waals surface area contributed by atoms with Gasteiger partial charge in [-0.25, -0.2) is 4.18 Å². The van der Waals surface area contributed by atoms with Gasteiger partial charge in [0.2, 0.25) is 0 Å². The van der Waals surface area contributed by atoms with E-state index in [1.807, 2.05) is 0 Å². The molecule has 1 N–H and O–H groups in total. The fourth-order valence-corrected chi connectivity index (χ4v) is 1.91. The largest absolute Gasteiger partial charge is 0.397 e. The number of hydrogen-bond acceptors (Lipinski definition) is 3. The van der Waals surface area contributed by atoms with Gasteiger partial charge in [0.05, 0.1) is 6.61 Å². The van der Waals surface area contributed by atoms with Gasteiger partial charge in [0.15, 0.2) is 0 Å². The topological polar surface area (TPSA) is 63.6 Å². The second-order valence-corrected chi connectivity index (χ2v) is 5.17. The van der Waals surface area contributed by atoms with Crippen molar-refractivity contribution in [3.05, 3.63) is 0 Å². The van der Waals surface area contributed by atoms with Gasteiger partial charge in [-0.3, -0.25) is 4.55 Å². The predicted octanol–water partition coefficient (Wildman–Crippen LogP) is 2.96. The van der Waals surface area contributed by atoms with Gasteiger partial charge in [0.25, 0.3) is 0 Å². The maximum absolute atomic E-state index is 10.2. The second kappa shape index (κ2) is 13.3. The predicted molar refractivity (Wildman–Crippen MR) is 70.5 cm³/mol. The monoisotopic (exact) mass is 275 g/mol. The smallest absolute Gasteiger partial charge is 0.264 e. The van der Waals surface area contributed by atoms with Gasteiger partial charge >= 0.3 is 10.4 Å². The molecule has 6 heteroatoms. The molecular weight excluding hydrogens is 251 g/mol. The Hall–Kier alpha value is 0.870. The van der Waals surface area contributed by atoms with E-state index in [2.05, 4.69) is 11.1 Å². The Balaban J connectivity index is 0. The second-order valence-electron chi connectivity index (χ2n) is 4.08. The van der Waals surface area contributed by atoms with Gasteiger partial charge in [-0.15, -0.1) is 0 Å². The molecule has 0 unspecified atom stereocenters. The number of rotatable bonds is 11. The molecule has 0 saturated carbocycles. The number of hydrogen-bond donors (Lipinski definition) is 1. The summed E-state index contributed by atoms with van der Waals surface area (Å²) in [5.74, 6) is 0. The van der Waals surface area contributed by atoms with Crippen molar-refractivity contribution in [1.82, 2.24) is 0 Å². The van der Waals surface area contributed by atoms with Crippen molar-refractivity contribution in [3.8, 4) is 0 Å². The molecular formula is C11H24NaO4S. The molecule has 0 heterocycles. The summed E-state index contributed by atoms with van der Waals surface area (Å²) in [6.45, 7) is 2.30. The molecule has 0 rings (SSSR count). The molecule has 0 aliphatic rings. The van der Waals surface area contributed by atoms with Crippen molar-refractivity contribution < 1.29 is 17.2 Å². The van der Waals surface area contributed by atoms with Crippen LogP contribution < -0.4 is 0 Å². The van der Waals surface area contributed by atoms with E-state index in [0.717, 1.165) is 12.8 Å². The van der Waals surface area contributed by atoms with Crippen molar-refractivity contribution in [3.63, 3.8) is 0 Å². The molecule has 0 aliphatic heterocycles. The fraction of sp³-hybridized carbons (Fsp3) is 1.00. The van der Waals surface area contributed by atoms with E-state index >= 15 is 0 Å². The minimum absolute atomic E-state index is 0. The van der Waals surface area contributed by atoms with Crippen LogP contribution in [0.3, 0.4) is 0 Å². The third-order valence-electron chi connectivity index (χ3n) is 2.48. The third-order valence-corrected chi connectivity index (χ3v) is 2.94. The van der Waals surface area contributed by atoms with Crippen LogP contribution in [0.25, 0.3) is 0 Å². The summed E-state index contributed by atoms with van der Waals surface area (Å²) >= 11 is 0. The average molecular weight is 275 g/mol. The molecule has 0 fully saturated rings. The molecule has 99 valence electrons. The first-order chi connectivity index (χ1) is 7.56. The Labute approximate surface area is 128 Å². The Morgan fingerprint density at radius 1 is 0.882 bits per heavy atom. The summed E-state index contributed by atoms with van der Waals surface area (Å²) in [5, 5.41) is 0. The van der Waals surface area contributed by atoms with Gasteiger partial charge in [0.1, 0.15) is 0 Å². The summed E-state index contributed by atoms with van der Waals surface area (Å²) in [6.07, 6.45) is 10.4. The molecule has 0 saturated heterocycles. The first-order valence-corrected chi connectivity index (χ1v) is 7.54. The zero-order valence-corrected chi connectivity index (χ0v) is 14.0. The molecule has 1 radical (unpaired) electrons. The van der Waals surface area contributed by atoms with Crippen molar-refractivity contribution in [1.29, 1.82) is 0 Å². The molecule has 4 nitrogen and oxygen atoms in total. The van der Waals surface area contributed by atoms with E-state index in [4.69, 9.17) is 4.55 Å². The van der Waals surface area contributed by atoms with E-state index in [1.165, 1.54) is 38.5 Å². The molecule has 0 aromatic rings. The summed E-state index contributed by atoms with van der Waals surface area (Å²) in [6, 6.07) is 0. The quantitative estimate of drug-likeness (QED) is 0.358. The zero-order chi connectivity index (χ0) is 12.3. The Morgan fingerprint density at radius 3 is 1.71 bits per heavy atom. The Morgan fingerprint density at radius 2 is 1.29 bits per heavy atom. The van der Waals surface area contributed by atoms with E-state index in [-0.39, 0.29) is 36.2 Å². The van der Waals surface area contributed by atoms with E-state index < -0.39 is 10.4 Å². The van der Waals surface area contributed by atoms with Gasteiger partial charge in [0, 0.05) is 29.6 Å². The van der Waals surface area contributed by atoms with Crippen LogP contribution in [-0.2, 0) is 14.6 Å². The van der Waals surface area contributed by atoms with Crippen LogP contribution in [0.4, 0.5) is 0 Å². The molecule has 0 aromatic heterocycles. The molecule has 0 atom stereocenters. The third kappa shape index (κ3) is 19.4. The average Bonchev–Trinajstić information content (AvgIpc) is 2.19. The van der Waals surface area contributed by atoms with Crippen LogP contribution in [-0.4, -0.2) is 49.1 Å². The summed E-state index contributed by atoms with van der Waals surface area (Å²) < 4.78 is 32.9. The molecule has 17 heavy (non-hydrogen) atoms. The standard InChI is InChI=1S/C11H24O4S.Na/c1-2-3-4-5-6-7-8-9-10-11-15-16(12,13)14;/h2-11H2,1H3,(H,12,13,14);. The van der Waals surface area contributed by atoms with Crippen molar-refractivity contribution >= 4 is 40.0 Å². The SMILES string of the molecule is CCCCCCCCCCCOS(=O)(=O)O.[Na]. The minimum Gasteiger partial charge on any atom is -0.264 e. The van der Waals surface area contributed by atoms with Crippen LogP contribution >= 0.6 is 0 Å². The van der Waals surface area contributed by atoms with Crippen LogP contribution in [0.2, 0.25) is 0 Å². The Bertz CT molecular complexity index is 242. The summed E-state index contributed by atoms with van der Waals surface area (Å²) in [7, 11) is -4.23. The normalized spacial score (nSPS) is 11.2. The maximum Gasteiger partial charge on any atom is 0.397 e. The van der Waals surface area contributed by atoms with Crippen molar-refractivity contribution in [2.24, 2.45) is 0 Å². The van der Waals surface area contributed by atoms with Gasteiger partial charge in [-0.05, 0) is 6.42 Å². The number of unbranched alkanes of at least 4 members (excludes halogenated alkanes) is 8. The zero-order valence-electron chi connectivity index (χ0n) is 11.2. The first kappa shape index (κ1) is 20.2. The van der Waals surface area contributed by atoms with Crippen molar-refractivity contribution in [2.45, 2.75) is 64.7 Å². The minimum atomic E-state index is -4.23. The molecule has 0 bridgehead atoms. The van der Waals surface area contributed by atoms with Crippen molar-refractivity contribution in [2.75, 3.05) is 6.61 Å². The van der Waals surface area contributed by atoms with Gasteiger partial charge in [-0.1, -0.05) is 58.3 Å². The summed E-state index contributed by atoms with van der Waals surface area (Å²) in [4.78, 5) is 0. The van der Waals surface area contributed by atoms with Crippen LogP contribution in [0.1, 0.15) is 64.7 Å². The molecule has 0 aromatic carbocycles. The molecule has 0 amide bonds. The Kier molecular flexibility index (Phi) is 15.8. The summed E-state index contributed by atoms with van der Waals surface area (Å²) in [5.41, 5.74) is 0. The van der Waals surface area contributed by atoms with Crippen LogP contribution in [0, 0.1) is 0 Å². The van der Waals surface area contributed by atoms with E-state index in [1.54, 1.807) is 0 Å².